The van der Waals surface area contributed by atoms with E-state index in [1.165, 1.54) is 0 Å². The number of rotatable bonds is 4. The van der Waals surface area contributed by atoms with Crippen molar-refractivity contribution in [3.05, 3.63) is 27.7 Å². The van der Waals surface area contributed by atoms with E-state index in [9.17, 15) is 4.79 Å². The summed E-state index contributed by atoms with van der Waals surface area (Å²) in [6, 6.07) is 5.32. The zero-order valence-electron chi connectivity index (χ0n) is 9.39. The van der Waals surface area contributed by atoms with Crippen molar-refractivity contribution in [1.82, 2.24) is 0 Å². The third-order valence-corrected chi connectivity index (χ3v) is 3.44. The Labute approximate surface area is 110 Å². The van der Waals surface area contributed by atoms with Gasteiger partial charge < -0.3 is 5.32 Å². The third-order valence-electron chi connectivity index (χ3n) is 2.55. The molecule has 0 atom stereocenters. The molecule has 0 saturated heterocycles. The number of benzene rings is 1. The highest BCUT2D eigenvalue weighted by Gasteiger charge is 2.15. The monoisotopic (exact) mass is 303 g/mol. The van der Waals surface area contributed by atoms with Crippen LogP contribution in [0.15, 0.2) is 22.7 Å². The number of hydrogen-bond donors (Lipinski definition) is 1. The number of carbonyl (C=O) groups excluding carboxylic acids is 1. The van der Waals surface area contributed by atoms with Gasteiger partial charge in [0, 0.05) is 15.4 Å². The molecule has 1 amide bonds. The van der Waals surface area contributed by atoms with E-state index in [0.717, 1.165) is 23.0 Å². The Morgan fingerprint density at radius 3 is 2.56 bits per heavy atom. The van der Waals surface area contributed by atoms with Gasteiger partial charge in [-0.1, -0.05) is 25.4 Å². The minimum atomic E-state index is 0.0630. The standard InChI is InChI=1S/C12H15BrClNO/c1-3-8(4-2)12(16)15-11-6-5-9(14)7-10(11)13/h5-8H,3-4H2,1-2H3,(H,15,16). The van der Waals surface area contributed by atoms with Crippen LogP contribution < -0.4 is 5.32 Å². The van der Waals surface area contributed by atoms with E-state index in [-0.39, 0.29) is 11.8 Å². The van der Waals surface area contributed by atoms with Crippen LogP contribution in [0.2, 0.25) is 5.02 Å². The first-order valence-electron chi connectivity index (χ1n) is 5.34. The number of amides is 1. The molecule has 0 aliphatic rings. The van der Waals surface area contributed by atoms with Crippen LogP contribution in [0.4, 0.5) is 5.69 Å². The first-order chi connectivity index (χ1) is 7.58. The number of nitrogens with one attached hydrogen (secondary N) is 1. The molecule has 4 heteroatoms. The molecule has 88 valence electrons. The van der Waals surface area contributed by atoms with Gasteiger partial charge in [0.25, 0.3) is 0 Å². The number of halogens is 2. The zero-order chi connectivity index (χ0) is 12.1. The minimum Gasteiger partial charge on any atom is -0.325 e. The second-order valence-corrected chi connectivity index (χ2v) is 4.92. The first kappa shape index (κ1) is 13.5. The zero-order valence-corrected chi connectivity index (χ0v) is 11.7. The summed E-state index contributed by atoms with van der Waals surface area (Å²) in [4.78, 5) is 11.8. The van der Waals surface area contributed by atoms with Gasteiger partial charge in [0.1, 0.15) is 0 Å². The van der Waals surface area contributed by atoms with Gasteiger partial charge in [-0.3, -0.25) is 4.79 Å². The Kier molecular flexibility index (Phi) is 5.29. The number of carbonyl (C=O) groups is 1. The van der Waals surface area contributed by atoms with Crippen molar-refractivity contribution >= 4 is 39.1 Å². The molecule has 1 N–H and O–H groups in total. The SMILES string of the molecule is CCC(CC)C(=O)Nc1ccc(Cl)cc1Br. The van der Waals surface area contributed by atoms with Crippen molar-refractivity contribution in [3.8, 4) is 0 Å². The van der Waals surface area contributed by atoms with Crippen LogP contribution in [0, 0.1) is 5.92 Å². The lowest BCUT2D eigenvalue weighted by Gasteiger charge is -2.13. The highest BCUT2D eigenvalue weighted by Crippen LogP contribution is 2.26. The molecule has 2 nitrogen and oxygen atoms in total. The number of hydrogen-bond acceptors (Lipinski definition) is 1. The molecule has 0 heterocycles. The first-order valence-corrected chi connectivity index (χ1v) is 6.51. The van der Waals surface area contributed by atoms with Crippen molar-refractivity contribution in [2.24, 2.45) is 5.92 Å². The fourth-order valence-electron chi connectivity index (χ4n) is 1.49. The minimum absolute atomic E-state index is 0.0630. The van der Waals surface area contributed by atoms with Crippen molar-refractivity contribution in [1.29, 1.82) is 0 Å². The summed E-state index contributed by atoms with van der Waals surface area (Å²) < 4.78 is 0.805. The lowest BCUT2D eigenvalue weighted by Crippen LogP contribution is -2.21. The van der Waals surface area contributed by atoms with Gasteiger partial charge in [0.05, 0.1) is 5.69 Å². The summed E-state index contributed by atoms with van der Waals surface area (Å²) in [5, 5.41) is 3.54. The molecule has 0 aromatic heterocycles. The Hall–Kier alpha value is -0.540. The maximum atomic E-state index is 11.8. The largest absolute Gasteiger partial charge is 0.325 e. The van der Waals surface area contributed by atoms with Crippen LogP contribution in [-0.4, -0.2) is 5.91 Å². The van der Waals surface area contributed by atoms with Gasteiger partial charge >= 0.3 is 0 Å². The smallest absolute Gasteiger partial charge is 0.227 e. The molecular formula is C12H15BrClNO. The predicted molar refractivity (Wildman–Crippen MR) is 71.9 cm³/mol. The second kappa shape index (κ2) is 6.26. The van der Waals surface area contributed by atoms with Gasteiger partial charge in [-0.2, -0.15) is 0 Å². The van der Waals surface area contributed by atoms with E-state index < -0.39 is 0 Å². The second-order valence-electron chi connectivity index (χ2n) is 3.63. The van der Waals surface area contributed by atoms with Crippen LogP contribution >= 0.6 is 27.5 Å². The van der Waals surface area contributed by atoms with Gasteiger partial charge in [0.15, 0.2) is 0 Å². The van der Waals surface area contributed by atoms with Crippen LogP contribution in [0.25, 0.3) is 0 Å². The molecule has 0 aliphatic carbocycles. The van der Waals surface area contributed by atoms with E-state index in [4.69, 9.17) is 11.6 Å². The van der Waals surface area contributed by atoms with Crippen LogP contribution in [0.3, 0.4) is 0 Å². The van der Waals surface area contributed by atoms with Crippen LogP contribution in [0.5, 0.6) is 0 Å². The molecule has 1 aromatic carbocycles. The van der Waals surface area contributed by atoms with Crippen molar-refractivity contribution in [2.75, 3.05) is 5.32 Å². The average Bonchev–Trinajstić information content (AvgIpc) is 2.24. The summed E-state index contributed by atoms with van der Waals surface area (Å²) in [5.41, 5.74) is 0.765. The quantitative estimate of drug-likeness (QED) is 0.873. The van der Waals surface area contributed by atoms with Gasteiger partial charge in [-0.25, -0.2) is 0 Å². The van der Waals surface area contributed by atoms with Crippen LogP contribution in [0.1, 0.15) is 26.7 Å². The van der Waals surface area contributed by atoms with Crippen molar-refractivity contribution < 1.29 is 4.79 Å². The Balaban J connectivity index is 2.76. The molecule has 0 unspecified atom stereocenters. The lowest BCUT2D eigenvalue weighted by molar-refractivity contribution is -0.120. The lowest BCUT2D eigenvalue weighted by atomic mass is 10.0. The molecule has 0 fully saturated rings. The van der Waals surface area contributed by atoms with E-state index in [0.29, 0.717) is 5.02 Å². The molecule has 0 aliphatic heterocycles. The highest BCUT2D eigenvalue weighted by atomic mass is 79.9. The van der Waals surface area contributed by atoms with Crippen LogP contribution in [-0.2, 0) is 4.79 Å². The van der Waals surface area contributed by atoms with Gasteiger partial charge in [-0.05, 0) is 47.0 Å². The molecular weight excluding hydrogens is 289 g/mol. The van der Waals surface area contributed by atoms with E-state index >= 15 is 0 Å². The van der Waals surface area contributed by atoms with Gasteiger partial charge in [-0.15, -0.1) is 0 Å². The highest BCUT2D eigenvalue weighted by molar-refractivity contribution is 9.10. The summed E-state index contributed by atoms with van der Waals surface area (Å²) in [5.74, 6) is 0.135. The Bertz CT molecular complexity index is 377. The van der Waals surface area contributed by atoms with E-state index in [1.54, 1.807) is 18.2 Å². The maximum absolute atomic E-state index is 11.8. The fraction of sp³-hybridized carbons (Fsp3) is 0.417. The topological polar surface area (TPSA) is 29.1 Å². The maximum Gasteiger partial charge on any atom is 0.227 e. The molecule has 0 bridgehead atoms. The fourth-order valence-corrected chi connectivity index (χ4v) is 2.27. The number of anilines is 1. The molecule has 0 spiro atoms. The van der Waals surface area contributed by atoms with Gasteiger partial charge in [0.2, 0.25) is 5.91 Å². The predicted octanol–water partition coefficient (Wildman–Crippen LogP) is 4.48. The molecule has 1 rings (SSSR count). The van der Waals surface area contributed by atoms with Crippen molar-refractivity contribution in [3.63, 3.8) is 0 Å². The normalized spacial score (nSPS) is 10.6. The third kappa shape index (κ3) is 3.49. The van der Waals surface area contributed by atoms with E-state index in [1.807, 2.05) is 13.8 Å². The summed E-state index contributed by atoms with van der Waals surface area (Å²) in [6.45, 7) is 4.04. The molecule has 16 heavy (non-hydrogen) atoms. The van der Waals surface area contributed by atoms with E-state index in [2.05, 4.69) is 21.2 Å². The summed E-state index contributed by atoms with van der Waals surface area (Å²) in [7, 11) is 0. The van der Waals surface area contributed by atoms with Crippen molar-refractivity contribution in [2.45, 2.75) is 26.7 Å². The molecule has 0 radical (unpaired) electrons. The molecule has 1 aromatic rings. The summed E-state index contributed by atoms with van der Waals surface area (Å²) in [6.07, 6.45) is 1.71. The Morgan fingerprint density at radius 2 is 2.06 bits per heavy atom. The average molecular weight is 305 g/mol. The molecule has 0 saturated carbocycles. The summed E-state index contributed by atoms with van der Waals surface area (Å²) >= 11 is 9.20. The Morgan fingerprint density at radius 1 is 1.44 bits per heavy atom.